The molecule has 1 saturated heterocycles. The van der Waals surface area contributed by atoms with Crippen molar-refractivity contribution in [3.8, 4) is 0 Å². The van der Waals surface area contributed by atoms with E-state index < -0.39 is 5.54 Å². The molecular formula is C13H20N2O. The number of rotatable bonds is 3. The van der Waals surface area contributed by atoms with E-state index >= 15 is 0 Å². The number of aliphatic hydroxyl groups excluding tert-OH is 1. The van der Waals surface area contributed by atoms with Crippen LogP contribution in [0.2, 0.25) is 0 Å². The molecule has 0 bridgehead atoms. The molecule has 0 aliphatic carbocycles. The van der Waals surface area contributed by atoms with Gasteiger partial charge in [0.2, 0.25) is 0 Å². The zero-order chi connectivity index (χ0) is 11.6. The first-order valence-corrected chi connectivity index (χ1v) is 5.83. The van der Waals surface area contributed by atoms with Crippen molar-refractivity contribution < 1.29 is 5.11 Å². The second-order valence-electron chi connectivity index (χ2n) is 4.83. The number of hydrogen-bond acceptors (Lipinski definition) is 3. The van der Waals surface area contributed by atoms with Gasteiger partial charge in [-0.25, -0.2) is 0 Å². The fourth-order valence-corrected chi connectivity index (χ4v) is 2.33. The highest BCUT2D eigenvalue weighted by atomic mass is 16.3. The highest BCUT2D eigenvalue weighted by Crippen LogP contribution is 2.27. The average Bonchev–Trinajstić information content (AvgIpc) is 2.73. The third-order valence-electron chi connectivity index (χ3n) is 3.56. The molecule has 2 rings (SSSR count). The molecule has 1 aromatic carbocycles. The SMILES string of the molecule is CC(c1ccccc1)N1CCC(N)(CO)C1. The fourth-order valence-electron chi connectivity index (χ4n) is 2.33. The summed E-state index contributed by atoms with van der Waals surface area (Å²) in [6.07, 6.45) is 0.876. The van der Waals surface area contributed by atoms with E-state index in [0.29, 0.717) is 6.04 Å². The Morgan fingerprint density at radius 3 is 2.69 bits per heavy atom. The Hall–Kier alpha value is -0.900. The number of likely N-dealkylation sites (tertiary alicyclic amines) is 1. The van der Waals surface area contributed by atoms with Crippen LogP contribution in [0.25, 0.3) is 0 Å². The van der Waals surface area contributed by atoms with E-state index in [2.05, 4.69) is 36.1 Å². The van der Waals surface area contributed by atoms with Crippen molar-refractivity contribution in [3.05, 3.63) is 35.9 Å². The molecule has 0 aromatic heterocycles. The third kappa shape index (κ3) is 2.26. The molecule has 3 heteroatoms. The lowest BCUT2D eigenvalue weighted by molar-refractivity contribution is 0.180. The van der Waals surface area contributed by atoms with E-state index in [1.54, 1.807) is 0 Å². The van der Waals surface area contributed by atoms with Gasteiger partial charge in [-0.2, -0.15) is 0 Å². The van der Waals surface area contributed by atoms with Gasteiger partial charge in [-0.1, -0.05) is 30.3 Å². The molecule has 2 unspecified atom stereocenters. The number of nitrogens with two attached hydrogens (primary N) is 1. The van der Waals surface area contributed by atoms with Gasteiger partial charge in [0, 0.05) is 19.1 Å². The van der Waals surface area contributed by atoms with E-state index in [0.717, 1.165) is 19.5 Å². The molecule has 1 aliphatic rings. The minimum atomic E-state index is -0.400. The molecule has 1 heterocycles. The first kappa shape index (κ1) is 11.6. The number of nitrogens with zero attached hydrogens (tertiary/aromatic N) is 1. The van der Waals surface area contributed by atoms with Crippen LogP contribution in [0, 0.1) is 0 Å². The summed E-state index contributed by atoms with van der Waals surface area (Å²) in [6.45, 7) is 4.01. The third-order valence-corrected chi connectivity index (χ3v) is 3.56. The van der Waals surface area contributed by atoms with E-state index in [-0.39, 0.29) is 6.61 Å². The zero-order valence-corrected chi connectivity index (χ0v) is 9.76. The van der Waals surface area contributed by atoms with Gasteiger partial charge >= 0.3 is 0 Å². The van der Waals surface area contributed by atoms with Gasteiger partial charge in [-0.05, 0) is 18.9 Å². The zero-order valence-electron chi connectivity index (χ0n) is 9.76. The van der Waals surface area contributed by atoms with Crippen LogP contribution in [0.5, 0.6) is 0 Å². The molecule has 3 N–H and O–H groups in total. The summed E-state index contributed by atoms with van der Waals surface area (Å²) in [5.41, 5.74) is 6.98. The minimum absolute atomic E-state index is 0.0744. The van der Waals surface area contributed by atoms with Gasteiger partial charge in [0.1, 0.15) is 0 Å². The van der Waals surface area contributed by atoms with Gasteiger partial charge in [0.25, 0.3) is 0 Å². The van der Waals surface area contributed by atoms with E-state index in [1.807, 2.05) is 6.07 Å². The van der Waals surface area contributed by atoms with Gasteiger partial charge < -0.3 is 10.8 Å². The summed E-state index contributed by atoms with van der Waals surface area (Å²) in [5, 5.41) is 9.24. The molecular weight excluding hydrogens is 200 g/mol. The summed E-state index contributed by atoms with van der Waals surface area (Å²) in [4.78, 5) is 2.34. The summed E-state index contributed by atoms with van der Waals surface area (Å²) in [7, 11) is 0. The highest BCUT2D eigenvalue weighted by molar-refractivity contribution is 5.19. The first-order valence-electron chi connectivity index (χ1n) is 5.83. The largest absolute Gasteiger partial charge is 0.394 e. The molecule has 0 saturated carbocycles. The maximum Gasteiger partial charge on any atom is 0.0624 e. The summed E-state index contributed by atoms with van der Waals surface area (Å²) in [5.74, 6) is 0. The quantitative estimate of drug-likeness (QED) is 0.803. The van der Waals surface area contributed by atoms with Crippen molar-refractivity contribution >= 4 is 0 Å². The Bertz CT molecular complexity index is 341. The van der Waals surface area contributed by atoms with Crippen molar-refractivity contribution in [2.45, 2.75) is 24.9 Å². The number of hydrogen-bond donors (Lipinski definition) is 2. The van der Waals surface area contributed by atoms with Crippen molar-refractivity contribution in [3.63, 3.8) is 0 Å². The maximum atomic E-state index is 9.24. The van der Waals surface area contributed by atoms with E-state index in [9.17, 15) is 5.11 Å². The monoisotopic (exact) mass is 220 g/mol. The molecule has 1 aromatic rings. The summed E-state index contributed by atoms with van der Waals surface area (Å²) >= 11 is 0. The molecule has 3 nitrogen and oxygen atoms in total. The summed E-state index contributed by atoms with van der Waals surface area (Å²) in [6, 6.07) is 10.8. The van der Waals surface area contributed by atoms with Gasteiger partial charge in [-0.3, -0.25) is 4.90 Å². The Morgan fingerprint density at radius 1 is 1.44 bits per heavy atom. The number of benzene rings is 1. The smallest absolute Gasteiger partial charge is 0.0624 e. The summed E-state index contributed by atoms with van der Waals surface area (Å²) < 4.78 is 0. The standard InChI is InChI=1S/C13H20N2O/c1-11(12-5-3-2-4-6-12)15-8-7-13(14,9-15)10-16/h2-6,11,16H,7-10,14H2,1H3. The number of aliphatic hydroxyl groups is 1. The van der Waals surface area contributed by atoms with Crippen molar-refractivity contribution in [1.29, 1.82) is 0 Å². The lowest BCUT2D eigenvalue weighted by atomic mass is 10.0. The van der Waals surface area contributed by atoms with E-state index in [1.165, 1.54) is 5.56 Å². The first-order chi connectivity index (χ1) is 7.64. The van der Waals surface area contributed by atoms with Crippen LogP contribution in [0.4, 0.5) is 0 Å². The second kappa shape index (κ2) is 4.53. The predicted molar refractivity (Wildman–Crippen MR) is 65.1 cm³/mol. The normalized spacial score (nSPS) is 28.2. The highest BCUT2D eigenvalue weighted by Gasteiger charge is 2.35. The second-order valence-corrected chi connectivity index (χ2v) is 4.83. The molecule has 0 amide bonds. The van der Waals surface area contributed by atoms with Crippen LogP contribution in [0.3, 0.4) is 0 Å². The average molecular weight is 220 g/mol. The maximum absolute atomic E-state index is 9.24. The van der Waals surface area contributed by atoms with Crippen LogP contribution in [-0.2, 0) is 0 Å². The predicted octanol–water partition coefficient (Wildman–Crippen LogP) is 1.14. The Labute approximate surface area is 96.9 Å². The molecule has 16 heavy (non-hydrogen) atoms. The van der Waals surface area contributed by atoms with Crippen LogP contribution in [0.1, 0.15) is 24.9 Å². The van der Waals surface area contributed by atoms with Crippen molar-refractivity contribution in [2.24, 2.45) is 5.73 Å². The van der Waals surface area contributed by atoms with Crippen LogP contribution in [0.15, 0.2) is 30.3 Å². The fraction of sp³-hybridized carbons (Fsp3) is 0.538. The van der Waals surface area contributed by atoms with Crippen LogP contribution in [-0.4, -0.2) is 35.2 Å². The van der Waals surface area contributed by atoms with Gasteiger partial charge in [0.15, 0.2) is 0 Å². The molecule has 0 spiro atoms. The molecule has 2 atom stereocenters. The molecule has 0 radical (unpaired) electrons. The minimum Gasteiger partial charge on any atom is -0.394 e. The topological polar surface area (TPSA) is 49.5 Å². The Balaban J connectivity index is 2.05. The van der Waals surface area contributed by atoms with Gasteiger partial charge in [0.05, 0.1) is 12.1 Å². The van der Waals surface area contributed by atoms with Crippen LogP contribution < -0.4 is 5.73 Å². The molecule has 1 aliphatic heterocycles. The lowest BCUT2D eigenvalue weighted by Gasteiger charge is -2.27. The Morgan fingerprint density at radius 2 is 2.12 bits per heavy atom. The van der Waals surface area contributed by atoms with Crippen LogP contribution >= 0.6 is 0 Å². The van der Waals surface area contributed by atoms with Crippen molar-refractivity contribution in [2.75, 3.05) is 19.7 Å². The Kier molecular flexibility index (Phi) is 3.28. The molecule has 1 fully saturated rings. The van der Waals surface area contributed by atoms with E-state index in [4.69, 9.17) is 5.73 Å². The lowest BCUT2D eigenvalue weighted by Crippen LogP contribution is -2.46. The molecule has 88 valence electrons. The van der Waals surface area contributed by atoms with Crippen molar-refractivity contribution in [1.82, 2.24) is 4.90 Å². The van der Waals surface area contributed by atoms with Gasteiger partial charge in [-0.15, -0.1) is 0 Å².